The molecular formula is C25H38FN3O2. The third-order valence-electron chi connectivity index (χ3n) is 7.02. The molecule has 2 aliphatic rings. The van der Waals surface area contributed by atoms with Gasteiger partial charge in [0, 0.05) is 30.2 Å². The molecule has 1 aliphatic carbocycles. The highest BCUT2D eigenvalue weighted by molar-refractivity contribution is 5.94. The third kappa shape index (κ3) is 6.52. The third-order valence-corrected chi connectivity index (χ3v) is 7.02. The van der Waals surface area contributed by atoms with E-state index >= 15 is 0 Å². The Labute approximate surface area is 186 Å². The molecule has 2 amide bonds. The largest absolute Gasteiger partial charge is 0.352 e. The van der Waals surface area contributed by atoms with Gasteiger partial charge in [-0.2, -0.15) is 0 Å². The van der Waals surface area contributed by atoms with E-state index in [2.05, 4.69) is 24.5 Å². The summed E-state index contributed by atoms with van der Waals surface area (Å²) in [6.45, 7) is 8.17. The van der Waals surface area contributed by atoms with Crippen LogP contribution < -0.4 is 10.6 Å². The monoisotopic (exact) mass is 431 g/mol. The summed E-state index contributed by atoms with van der Waals surface area (Å²) in [5.74, 6) is 0.0707. The van der Waals surface area contributed by atoms with Crippen molar-refractivity contribution < 1.29 is 14.0 Å². The van der Waals surface area contributed by atoms with Crippen molar-refractivity contribution in [3.63, 3.8) is 0 Å². The molecule has 1 aromatic carbocycles. The molecular weight excluding hydrogens is 393 g/mol. The first-order valence-corrected chi connectivity index (χ1v) is 11.9. The second-order valence-electron chi connectivity index (χ2n) is 9.83. The van der Waals surface area contributed by atoms with Crippen LogP contribution in [0.4, 0.5) is 4.39 Å². The van der Waals surface area contributed by atoms with Gasteiger partial charge in [-0.15, -0.1) is 0 Å². The predicted molar refractivity (Wildman–Crippen MR) is 122 cm³/mol. The van der Waals surface area contributed by atoms with E-state index in [1.165, 1.54) is 18.6 Å². The van der Waals surface area contributed by atoms with Crippen molar-refractivity contribution in [3.8, 4) is 0 Å². The molecule has 0 unspecified atom stereocenters. The van der Waals surface area contributed by atoms with Crippen molar-refractivity contribution in [3.05, 3.63) is 35.1 Å². The topological polar surface area (TPSA) is 61.4 Å². The maximum absolute atomic E-state index is 13.7. The summed E-state index contributed by atoms with van der Waals surface area (Å²) in [4.78, 5) is 27.2. The molecule has 0 bridgehead atoms. The van der Waals surface area contributed by atoms with Crippen LogP contribution >= 0.6 is 0 Å². The van der Waals surface area contributed by atoms with Gasteiger partial charge < -0.3 is 15.5 Å². The smallest absolute Gasteiger partial charge is 0.251 e. The molecule has 1 aromatic rings. The fourth-order valence-electron chi connectivity index (χ4n) is 4.95. The molecule has 31 heavy (non-hydrogen) atoms. The number of nitrogens with zero attached hydrogens (tertiary/aromatic N) is 1. The van der Waals surface area contributed by atoms with Crippen LogP contribution in [0.15, 0.2) is 18.2 Å². The van der Waals surface area contributed by atoms with E-state index in [0.29, 0.717) is 37.0 Å². The fraction of sp³-hybridized carbons (Fsp3) is 0.680. The zero-order valence-electron chi connectivity index (χ0n) is 19.3. The lowest BCUT2D eigenvalue weighted by Crippen LogP contribution is -2.54. The average molecular weight is 432 g/mol. The zero-order valence-corrected chi connectivity index (χ0v) is 19.3. The highest BCUT2D eigenvalue weighted by Crippen LogP contribution is 2.27. The van der Waals surface area contributed by atoms with Gasteiger partial charge in [-0.1, -0.05) is 6.92 Å². The SMILES string of the molecule is CCc1cc(F)cc(C(=O)NCC2CCC(NCC(=O)N3CCCCC3(C)C)CC2)c1. The second-order valence-corrected chi connectivity index (χ2v) is 9.83. The molecule has 1 saturated heterocycles. The van der Waals surface area contributed by atoms with Crippen LogP contribution in [0.3, 0.4) is 0 Å². The minimum absolute atomic E-state index is 0.0353. The lowest BCUT2D eigenvalue weighted by Gasteiger charge is -2.43. The maximum atomic E-state index is 13.7. The molecule has 1 aliphatic heterocycles. The second kappa shape index (κ2) is 10.6. The number of amides is 2. The van der Waals surface area contributed by atoms with Gasteiger partial charge in [0.05, 0.1) is 6.54 Å². The van der Waals surface area contributed by atoms with E-state index in [1.54, 1.807) is 6.07 Å². The number of carbonyl (C=O) groups excluding carboxylic acids is 2. The summed E-state index contributed by atoms with van der Waals surface area (Å²) in [6, 6.07) is 4.90. The predicted octanol–water partition coefficient (Wildman–Crippen LogP) is 4.06. The number of likely N-dealkylation sites (tertiary alicyclic amines) is 1. The van der Waals surface area contributed by atoms with Gasteiger partial charge in [0.15, 0.2) is 0 Å². The Morgan fingerprint density at radius 1 is 1.13 bits per heavy atom. The minimum Gasteiger partial charge on any atom is -0.352 e. The summed E-state index contributed by atoms with van der Waals surface area (Å²) >= 11 is 0. The number of aryl methyl sites for hydroxylation is 1. The number of piperidine rings is 1. The van der Waals surface area contributed by atoms with Crippen LogP contribution in [0.2, 0.25) is 0 Å². The number of halogens is 1. The fourth-order valence-corrected chi connectivity index (χ4v) is 4.95. The molecule has 0 spiro atoms. The molecule has 1 heterocycles. The minimum atomic E-state index is -0.362. The van der Waals surface area contributed by atoms with Crippen molar-refractivity contribution in [2.75, 3.05) is 19.6 Å². The Hall–Kier alpha value is -1.95. The van der Waals surface area contributed by atoms with Crippen LogP contribution in [0.5, 0.6) is 0 Å². The quantitative estimate of drug-likeness (QED) is 0.685. The Morgan fingerprint density at radius 3 is 2.55 bits per heavy atom. The Kier molecular flexibility index (Phi) is 8.09. The average Bonchev–Trinajstić information content (AvgIpc) is 2.75. The molecule has 2 N–H and O–H groups in total. The highest BCUT2D eigenvalue weighted by atomic mass is 19.1. The molecule has 5 nitrogen and oxygen atoms in total. The van der Waals surface area contributed by atoms with E-state index in [1.807, 2.05) is 11.8 Å². The van der Waals surface area contributed by atoms with Crippen molar-refractivity contribution in [2.24, 2.45) is 5.92 Å². The van der Waals surface area contributed by atoms with E-state index in [9.17, 15) is 14.0 Å². The lowest BCUT2D eigenvalue weighted by molar-refractivity contribution is -0.137. The number of carbonyl (C=O) groups is 2. The standard InChI is InChI=1S/C25H38FN3O2/c1-4-18-13-20(15-21(26)14-18)24(31)28-16-19-7-9-22(10-8-19)27-17-23(30)29-12-6-5-11-25(29,2)3/h13-15,19,22,27H,4-12,16-17H2,1-3H3,(H,28,31). The summed E-state index contributed by atoms with van der Waals surface area (Å²) in [5.41, 5.74) is 1.19. The van der Waals surface area contributed by atoms with Crippen LogP contribution in [0, 0.1) is 11.7 Å². The van der Waals surface area contributed by atoms with Gasteiger partial charge in [-0.3, -0.25) is 9.59 Å². The first-order chi connectivity index (χ1) is 14.8. The van der Waals surface area contributed by atoms with E-state index in [0.717, 1.165) is 50.6 Å². The van der Waals surface area contributed by atoms with Crippen molar-refractivity contribution in [2.45, 2.75) is 83.7 Å². The van der Waals surface area contributed by atoms with Gasteiger partial charge in [-0.25, -0.2) is 4.39 Å². The van der Waals surface area contributed by atoms with Crippen LogP contribution in [0.25, 0.3) is 0 Å². The summed E-state index contributed by atoms with van der Waals surface area (Å²) < 4.78 is 13.7. The van der Waals surface area contributed by atoms with Gasteiger partial charge in [0.25, 0.3) is 5.91 Å². The zero-order chi connectivity index (χ0) is 22.4. The first kappa shape index (κ1) is 23.7. The van der Waals surface area contributed by atoms with Gasteiger partial charge in [-0.05, 0) is 94.9 Å². The van der Waals surface area contributed by atoms with E-state index < -0.39 is 0 Å². The van der Waals surface area contributed by atoms with Crippen molar-refractivity contribution in [1.82, 2.24) is 15.5 Å². The highest BCUT2D eigenvalue weighted by Gasteiger charge is 2.33. The first-order valence-electron chi connectivity index (χ1n) is 11.9. The number of hydrogen-bond acceptors (Lipinski definition) is 3. The van der Waals surface area contributed by atoms with Crippen molar-refractivity contribution >= 4 is 11.8 Å². The molecule has 0 radical (unpaired) electrons. The summed E-state index contributed by atoms with van der Waals surface area (Å²) in [7, 11) is 0. The number of rotatable bonds is 7. The lowest BCUT2D eigenvalue weighted by atomic mass is 9.86. The molecule has 2 fully saturated rings. The van der Waals surface area contributed by atoms with E-state index in [-0.39, 0.29) is 23.2 Å². The van der Waals surface area contributed by atoms with Gasteiger partial charge in [0.2, 0.25) is 5.91 Å². The Morgan fingerprint density at radius 2 is 1.87 bits per heavy atom. The van der Waals surface area contributed by atoms with Crippen molar-refractivity contribution in [1.29, 1.82) is 0 Å². The maximum Gasteiger partial charge on any atom is 0.251 e. The summed E-state index contributed by atoms with van der Waals surface area (Å²) in [5, 5.41) is 6.44. The van der Waals surface area contributed by atoms with Gasteiger partial charge >= 0.3 is 0 Å². The molecule has 0 atom stereocenters. The molecule has 6 heteroatoms. The van der Waals surface area contributed by atoms with Gasteiger partial charge in [0.1, 0.15) is 5.82 Å². The van der Waals surface area contributed by atoms with E-state index in [4.69, 9.17) is 0 Å². The number of benzene rings is 1. The Balaban J connectivity index is 1.38. The number of hydrogen-bond donors (Lipinski definition) is 2. The van der Waals surface area contributed by atoms with Crippen LogP contribution in [0.1, 0.15) is 81.6 Å². The molecule has 1 saturated carbocycles. The van der Waals surface area contributed by atoms with Crippen LogP contribution in [-0.4, -0.2) is 47.9 Å². The summed E-state index contributed by atoms with van der Waals surface area (Å²) in [6.07, 6.45) is 8.13. The molecule has 3 rings (SSSR count). The Bertz CT molecular complexity index is 772. The normalized spacial score (nSPS) is 23.4. The molecule has 0 aromatic heterocycles. The van der Waals surface area contributed by atoms with Crippen LogP contribution in [-0.2, 0) is 11.2 Å². The molecule has 172 valence electrons. The number of nitrogens with one attached hydrogen (secondary N) is 2.